The lowest BCUT2D eigenvalue weighted by Gasteiger charge is -2.31. The van der Waals surface area contributed by atoms with Gasteiger partial charge < -0.3 is 15.3 Å². The Bertz CT molecular complexity index is 771. The summed E-state index contributed by atoms with van der Waals surface area (Å²) in [5.74, 6) is 1.44. The van der Waals surface area contributed by atoms with Crippen molar-refractivity contribution in [3.63, 3.8) is 0 Å². The highest BCUT2D eigenvalue weighted by Gasteiger charge is 2.19. The molecule has 0 saturated carbocycles. The zero-order valence-electron chi connectivity index (χ0n) is 12.6. The van der Waals surface area contributed by atoms with Gasteiger partial charge >= 0.3 is 0 Å². The van der Waals surface area contributed by atoms with Gasteiger partial charge in [0, 0.05) is 37.1 Å². The summed E-state index contributed by atoms with van der Waals surface area (Å²) >= 11 is 1.61. The monoisotopic (exact) mass is 330 g/mol. The van der Waals surface area contributed by atoms with E-state index in [9.17, 15) is 5.11 Å². The van der Waals surface area contributed by atoms with Crippen LogP contribution in [0.15, 0.2) is 30.0 Å². The molecule has 2 N–H and O–H groups in total. The Morgan fingerprint density at radius 2 is 2.35 bits per heavy atom. The number of thiazole rings is 1. The van der Waals surface area contributed by atoms with Crippen molar-refractivity contribution in [2.75, 3.05) is 23.3 Å². The molecule has 0 radical (unpaired) electrons. The number of piperidine rings is 1. The van der Waals surface area contributed by atoms with Crippen LogP contribution in [0.25, 0.3) is 4.96 Å². The molecule has 0 spiro atoms. The molecular weight excluding hydrogens is 312 g/mol. The predicted octanol–water partition coefficient (Wildman–Crippen LogP) is 1.76. The third kappa shape index (κ3) is 3.13. The zero-order valence-corrected chi connectivity index (χ0v) is 13.4. The van der Waals surface area contributed by atoms with E-state index in [1.165, 1.54) is 0 Å². The fourth-order valence-corrected chi connectivity index (χ4v) is 3.52. The number of rotatable bonds is 4. The summed E-state index contributed by atoms with van der Waals surface area (Å²) in [5.41, 5.74) is 0.958. The van der Waals surface area contributed by atoms with E-state index in [1.807, 2.05) is 28.2 Å². The van der Waals surface area contributed by atoms with Crippen molar-refractivity contribution in [3.05, 3.63) is 35.7 Å². The van der Waals surface area contributed by atoms with Gasteiger partial charge in [-0.25, -0.2) is 9.97 Å². The standard InChI is InChI=1S/C15H18N6OS/c22-12-2-1-5-20(10-12)13-3-4-16-14(19-13)17-8-11-9-21-6-7-23-15(21)18-11/h3-4,6-7,9,12,22H,1-2,5,8,10H2,(H,16,17,19)/t12-/m1/s1. The second kappa shape index (κ2) is 6.13. The number of anilines is 2. The summed E-state index contributed by atoms with van der Waals surface area (Å²) in [5, 5.41) is 15.0. The molecule has 1 fully saturated rings. The number of aliphatic hydroxyl groups excluding tert-OH is 1. The molecule has 0 unspecified atom stereocenters. The SMILES string of the molecule is O[C@@H]1CCCN(c2ccnc(NCc3cn4ccsc4n3)n2)C1. The van der Waals surface area contributed by atoms with Crippen LogP contribution in [0.2, 0.25) is 0 Å². The quantitative estimate of drug-likeness (QED) is 0.759. The number of imidazole rings is 1. The molecular formula is C15H18N6OS. The largest absolute Gasteiger partial charge is 0.391 e. The van der Waals surface area contributed by atoms with E-state index in [0.717, 1.165) is 35.9 Å². The topological polar surface area (TPSA) is 78.6 Å². The van der Waals surface area contributed by atoms with Crippen molar-refractivity contribution in [2.45, 2.75) is 25.5 Å². The number of aliphatic hydroxyl groups is 1. The third-order valence-electron chi connectivity index (χ3n) is 3.93. The van der Waals surface area contributed by atoms with Crippen LogP contribution in [0, 0.1) is 0 Å². The van der Waals surface area contributed by atoms with Gasteiger partial charge in [-0.05, 0) is 18.9 Å². The summed E-state index contributed by atoms with van der Waals surface area (Å²) in [4.78, 5) is 16.4. The molecule has 8 heteroatoms. The van der Waals surface area contributed by atoms with Crippen LogP contribution in [0.5, 0.6) is 0 Å². The molecule has 23 heavy (non-hydrogen) atoms. The fourth-order valence-electron chi connectivity index (χ4n) is 2.80. The minimum absolute atomic E-state index is 0.270. The van der Waals surface area contributed by atoms with Gasteiger partial charge in [0.2, 0.25) is 5.95 Å². The lowest BCUT2D eigenvalue weighted by Crippen LogP contribution is -2.38. The summed E-state index contributed by atoms with van der Waals surface area (Å²) in [6.45, 7) is 2.14. The zero-order chi connectivity index (χ0) is 15.6. The molecule has 1 saturated heterocycles. The minimum Gasteiger partial charge on any atom is -0.391 e. The van der Waals surface area contributed by atoms with Gasteiger partial charge in [0.15, 0.2) is 4.96 Å². The van der Waals surface area contributed by atoms with Gasteiger partial charge in [0.05, 0.1) is 18.3 Å². The fraction of sp³-hybridized carbons (Fsp3) is 0.400. The van der Waals surface area contributed by atoms with Crippen molar-refractivity contribution < 1.29 is 5.11 Å². The van der Waals surface area contributed by atoms with E-state index < -0.39 is 0 Å². The molecule has 0 aromatic carbocycles. The first-order chi connectivity index (χ1) is 11.3. The lowest BCUT2D eigenvalue weighted by atomic mass is 10.1. The number of nitrogens with zero attached hydrogens (tertiary/aromatic N) is 5. The normalized spacial score (nSPS) is 18.5. The highest BCUT2D eigenvalue weighted by Crippen LogP contribution is 2.19. The van der Waals surface area contributed by atoms with Gasteiger partial charge in [-0.1, -0.05) is 0 Å². The van der Waals surface area contributed by atoms with E-state index >= 15 is 0 Å². The van der Waals surface area contributed by atoms with Crippen LogP contribution < -0.4 is 10.2 Å². The van der Waals surface area contributed by atoms with Crippen molar-refractivity contribution in [1.29, 1.82) is 0 Å². The summed E-state index contributed by atoms with van der Waals surface area (Å²) in [7, 11) is 0. The molecule has 0 amide bonds. The molecule has 0 aliphatic carbocycles. The van der Waals surface area contributed by atoms with E-state index in [2.05, 4.69) is 25.2 Å². The predicted molar refractivity (Wildman–Crippen MR) is 89.9 cm³/mol. The van der Waals surface area contributed by atoms with Crippen molar-refractivity contribution in [2.24, 2.45) is 0 Å². The van der Waals surface area contributed by atoms with Crippen LogP contribution in [0.4, 0.5) is 11.8 Å². The molecule has 1 aliphatic rings. The highest BCUT2D eigenvalue weighted by atomic mass is 32.1. The molecule has 7 nitrogen and oxygen atoms in total. The van der Waals surface area contributed by atoms with E-state index in [-0.39, 0.29) is 6.10 Å². The third-order valence-corrected chi connectivity index (χ3v) is 4.70. The Hall–Kier alpha value is -2.19. The number of hydrogen-bond donors (Lipinski definition) is 2. The van der Waals surface area contributed by atoms with E-state index in [1.54, 1.807) is 17.5 Å². The van der Waals surface area contributed by atoms with E-state index in [0.29, 0.717) is 19.0 Å². The van der Waals surface area contributed by atoms with Crippen LogP contribution in [-0.2, 0) is 6.54 Å². The Labute approximate surface area is 137 Å². The average Bonchev–Trinajstić information content (AvgIpc) is 3.14. The molecule has 4 heterocycles. The first kappa shape index (κ1) is 14.4. The Morgan fingerprint density at radius 3 is 3.22 bits per heavy atom. The molecule has 1 atom stereocenters. The van der Waals surface area contributed by atoms with Crippen LogP contribution in [-0.4, -0.2) is 43.7 Å². The number of nitrogens with one attached hydrogen (secondary N) is 1. The minimum atomic E-state index is -0.270. The average molecular weight is 330 g/mol. The van der Waals surface area contributed by atoms with Crippen molar-refractivity contribution >= 4 is 28.1 Å². The highest BCUT2D eigenvalue weighted by molar-refractivity contribution is 7.15. The first-order valence-corrected chi connectivity index (χ1v) is 8.57. The number of fused-ring (bicyclic) bond motifs is 1. The maximum atomic E-state index is 9.80. The summed E-state index contributed by atoms with van der Waals surface area (Å²) < 4.78 is 2.01. The van der Waals surface area contributed by atoms with Crippen molar-refractivity contribution in [3.8, 4) is 0 Å². The molecule has 4 rings (SSSR count). The lowest BCUT2D eigenvalue weighted by molar-refractivity contribution is 0.154. The Morgan fingerprint density at radius 1 is 1.39 bits per heavy atom. The Kier molecular flexibility index (Phi) is 3.84. The van der Waals surface area contributed by atoms with Gasteiger partial charge in [0.1, 0.15) is 5.82 Å². The number of hydrogen-bond acceptors (Lipinski definition) is 7. The van der Waals surface area contributed by atoms with Crippen molar-refractivity contribution in [1.82, 2.24) is 19.4 Å². The second-order valence-electron chi connectivity index (χ2n) is 5.66. The number of aromatic nitrogens is 4. The summed E-state index contributed by atoms with van der Waals surface area (Å²) in [6, 6.07) is 1.88. The molecule has 0 bridgehead atoms. The van der Waals surface area contributed by atoms with Gasteiger partial charge in [-0.3, -0.25) is 4.40 Å². The smallest absolute Gasteiger partial charge is 0.224 e. The molecule has 3 aromatic heterocycles. The van der Waals surface area contributed by atoms with E-state index in [4.69, 9.17) is 0 Å². The van der Waals surface area contributed by atoms with Gasteiger partial charge in [0.25, 0.3) is 0 Å². The van der Waals surface area contributed by atoms with Gasteiger partial charge in [-0.2, -0.15) is 4.98 Å². The maximum absolute atomic E-state index is 9.80. The molecule has 1 aliphatic heterocycles. The number of β-amino-alcohol motifs (C(OH)–C–C–N with tert-alkyl or cyclic N) is 1. The van der Waals surface area contributed by atoms with Crippen LogP contribution >= 0.6 is 11.3 Å². The van der Waals surface area contributed by atoms with Gasteiger partial charge in [-0.15, -0.1) is 11.3 Å². The molecule has 3 aromatic rings. The second-order valence-corrected chi connectivity index (χ2v) is 6.53. The summed E-state index contributed by atoms with van der Waals surface area (Å²) in [6.07, 6.45) is 7.33. The van der Waals surface area contributed by atoms with Crippen LogP contribution in [0.3, 0.4) is 0 Å². The molecule has 120 valence electrons. The maximum Gasteiger partial charge on any atom is 0.224 e. The first-order valence-electron chi connectivity index (χ1n) is 7.69. The van der Waals surface area contributed by atoms with Crippen LogP contribution in [0.1, 0.15) is 18.5 Å². The Balaban J connectivity index is 1.44.